The molecule has 0 atom stereocenters. The normalized spacial score (nSPS) is 10.2. The van der Waals surface area contributed by atoms with Crippen molar-refractivity contribution < 1.29 is 5.11 Å². The molecule has 0 unspecified atom stereocenters. The van der Waals surface area contributed by atoms with Gasteiger partial charge in [0.15, 0.2) is 0 Å². The highest BCUT2D eigenvalue weighted by atomic mass is 35.5. The van der Waals surface area contributed by atoms with Crippen LogP contribution in [-0.4, -0.2) is 10.1 Å². The summed E-state index contributed by atoms with van der Waals surface area (Å²) in [5.74, 6) is 0.224. The third-order valence-corrected chi connectivity index (χ3v) is 2.53. The molecule has 0 amide bonds. The number of hydrogen-bond donors (Lipinski definition) is 3. The third kappa shape index (κ3) is 2.87. The molecule has 0 aliphatic heterocycles. The molecule has 4 N–H and O–H groups in total. The second kappa shape index (κ2) is 5.03. The number of nitrogens with one attached hydrogen (secondary N) is 1. The maximum Gasteiger partial charge on any atom is 0.131 e. The Kier molecular flexibility index (Phi) is 3.46. The summed E-state index contributed by atoms with van der Waals surface area (Å²) in [5, 5.41) is 12.8. The fraction of sp³-hybridized carbons (Fsp3) is 0.0833. The minimum Gasteiger partial charge on any atom is -0.508 e. The van der Waals surface area contributed by atoms with Crippen LogP contribution in [0.15, 0.2) is 36.5 Å². The average molecular weight is 250 g/mol. The highest BCUT2D eigenvalue weighted by Gasteiger charge is 2.03. The summed E-state index contributed by atoms with van der Waals surface area (Å²) in [7, 11) is 0. The second-order valence-corrected chi connectivity index (χ2v) is 3.93. The van der Waals surface area contributed by atoms with E-state index in [-0.39, 0.29) is 5.75 Å². The van der Waals surface area contributed by atoms with Crippen molar-refractivity contribution in [1.82, 2.24) is 4.98 Å². The van der Waals surface area contributed by atoms with Crippen molar-refractivity contribution in [2.24, 2.45) is 5.73 Å². The van der Waals surface area contributed by atoms with Crippen molar-refractivity contribution in [2.75, 3.05) is 5.32 Å². The monoisotopic (exact) mass is 249 g/mol. The van der Waals surface area contributed by atoms with E-state index in [0.717, 1.165) is 16.9 Å². The van der Waals surface area contributed by atoms with Gasteiger partial charge in [-0.25, -0.2) is 4.98 Å². The van der Waals surface area contributed by atoms with E-state index in [1.165, 1.54) is 0 Å². The number of anilines is 2. The Morgan fingerprint density at radius 1 is 1.29 bits per heavy atom. The van der Waals surface area contributed by atoms with Gasteiger partial charge in [-0.3, -0.25) is 0 Å². The minimum absolute atomic E-state index is 0.224. The summed E-state index contributed by atoms with van der Waals surface area (Å²) in [6.07, 6.45) is 1.64. The fourth-order valence-corrected chi connectivity index (χ4v) is 1.60. The first-order valence-corrected chi connectivity index (χ1v) is 5.47. The Morgan fingerprint density at radius 2 is 2.00 bits per heavy atom. The molecule has 4 nitrogen and oxygen atoms in total. The largest absolute Gasteiger partial charge is 0.508 e. The van der Waals surface area contributed by atoms with Crippen LogP contribution in [0.2, 0.25) is 5.15 Å². The van der Waals surface area contributed by atoms with Crippen molar-refractivity contribution in [1.29, 1.82) is 0 Å². The minimum atomic E-state index is 0.224. The van der Waals surface area contributed by atoms with Crippen LogP contribution in [0.3, 0.4) is 0 Å². The third-order valence-electron chi connectivity index (χ3n) is 2.32. The van der Waals surface area contributed by atoms with Crippen LogP contribution in [0.5, 0.6) is 5.75 Å². The molecule has 0 spiro atoms. The van der Waals surface area contributed by atoms with E-state index in [2.05, 4.69) is 10.3 Å². The lowest BCUT2D eigenvalue weighted by Gasteiger charge is -2.10. The zero-order valence-corrected chi connectivity index (χ0v) is 9.78. The van der Waals surface area contributed by atoms with Crippen molar-refractivity contribution in [3.8, 4) is 5.75 Å². The van der Waals surface area contributed by atoms with Crippen LogP contribution in [0.25, 0.3) is 0 Å². The maximum absolute atomic E-state index is 9.19. The topological polar surface area (TPSA) is 71.2 Å². The molecule has 0 aliphatic carbocycles. The fourth-order valence-electron chi connectivity index (χ4n) is 1.44. The molecular weight excluding hydrogens is 238 g/mol. The lowest BCUT2D eigenvalue weighted by Crippen LogP contribution is -2.02. The number of phenols is 1. The summed E-state index contributed by atoms with van der Waals surface area (Å²) in [5.41, 5.74) is 8.16. The molecule has 0 saturated heterocycles. The van der Waals surface area contributed by atoms with Gasteiger partial charge in [-0.15, -0.1) is 0 Å². The molecule has 0 aliphatic rings. The van der Waals surface area contributed by atoms with Gasteiger partial charge in [0, 0.05) is 29.7 Å². The predicted octanol–water partition coefficient (Wildman–Crippen LogP) is 2.64. The summed E-state index contributed by atoms with van der Waals surface area (Å²) < 4.78 is 0. The Balaban J connectivity index is 2.28. The van der Waals surface area contributed by atoms with Crippen LogP contribution in [0.1, 0.15) is 5.56 Å². The predicted molar refractivity (Wildman–Crippen MR) is 68.5 cm³/mol. The number of rotatable bonds is 3. The molecule has 17 heavy (non-hydrogen) atoms. The van der Waals surface area contributed by atoms with E-state index in [1.54, 1.807) is 36.5 Å². The Hall–Kier alpha value is -1.78. The molecule has 0 bridgehead atoms. The number of pyridine rings is 1. The molecule has 2 rings (SSSR count). The first-order chi connectivity index (χ1) is 8.19. The summed E-state index contributed by atoms with van der Waals surface area (Å²) >= 11 is 5.83. The molecule has 88 valence electrons. The van der Waals surface area contributed by atoms with Gasteiger partial charge in [0.25, 0.3) is 0 Å². The Morgan fingerprint density at radius 3 is 2.65 bits per heavy atom. The van der Waals surface area contributed by atoms with E-state index in [4.69, 9.17) is 17.3 Å². The van der Waals surface area contributed by atoms with Gasteiger partial charge in [0.2, 0.25) is 0 Å². The first kappa shape index (κ1) is 11.7. The standard InChI is InChI=1S/C12H12ClN3O/c13-12-5-11(8(6-14)7-15-12)16-9-1-3-10(17)4-2-9/h1-5,7,17H,6,14H2,(H,15,16). The smallest absolute Gasteiger partial charge is 0.131 e. The zero-order valence-electron chi connectivity index (χ0n) is 9.02. The van der Waals surface area contributed by atoms with Crippen LogP contribution < -0.4 is 11.1 Å². The summed E-state index contributed by atoms with van der Waals surface area (Å²) in [6, 6.07) is 8.46. The van der Waals surface area contributed by atoms with Gasteiger partial charge in [-0.1, -0.05) is 11.6 Å². The van der Waals surface area contributed by atoms with Gasteiger partial charge in [-0.05, 0) is 30.3 Å². The highest BCUT2D eigenvalue weighted by molar-refractivity contribution is 6.29. The lowest BCUT2D eigenvalue weighted by molar-refractivity contribution is 0.475. The molecule has 5 heteroatoms. The van der Waals surface area contributed by atoms with Crippen LogP contribution in [0, 0.1) is 0 Å². The number of benzene rings is 1. The SMILES string of the molecule is NCc1cnc(Cl)cc1Nc1ccc(O)cc1. The van der Waals surface area contributed by atoms with Crippen LogP contribution in [-0.2, 0) is 6.54 Å². The lowest BCUT2D eigenvalue weighted by atomic mass is 10.2. The Labute approximate surface area is 104 Å². The number of nitrogens with two attached hydrogens (primary N) is 1. The van der Waals surface area contributed by atoms with E-state index in [1.807, 2.05) is 0 Å². The van der Waals surface area contributed by atoms with Crippen molar-refractivity contribution in [3.63, 3.8) is 0 Å². The Bertz CT molecular complexity index is 514. The number of hydrogen-bond acceptors (Lipinski definition) is 4. The number of halogens is 1. The molecule has 1 aromatic heterocycles. The van der Waals surface area contributed by atoms with Gasteiger partial charge < -0.3 is 16.2 Å². The van der Waals surface area contributed by atoms with Crippen molar-refractivity contribution in [2.45, 2.75) is 6.54 Å². The maximum atomic E-state index is 9.19. The number of aromatic nitrogens is 1. The number of phenolic OH excluding ortho intramolecular Hbond substituents is 1. The molecule has 2 aromatic rings. The van der Waals surface area contributed by atoms with Crippen LogP contribution >= 0.6 is 11.6 Å². The highest BCUT2D eigenvalue weighted by Crippen LogP contribution is 2.24. The molecule has 0 radical (unpaired) electrons. The van der Waals surface area contributed by atoms with E-state index >= 15 is 0 Å². The quantitative estimate of drug-likeness (QED) is 0.578. The molecular formula is C12H12ClN3O. The summed E-state index contributed by atoms with van der Waals surface area (Å²) in [4.78, 5) is 3.97. The van der Waals surface area contributed by atoms with Crippen molar-refractivity contribution >= 4 is 23.0 Å². The molecule has 1 aromatic carbocycles. The zero-order chi connectivity index (χ0) is 12.3. The second-order valence-electron chi connectivity index (χ2n) is 3.54. The molecule has 0 saturated carbocycles. The van der Waals surface area contributed by atoms with Crippen LogP contribution in [0.4, 0.5) is 11.4 Å². The molecule has 0 fully saturated rings. The van der Waals surface area contributed by atoms with Gasteiger partial charge in [0.05, 0.1) is 0 Å². The average Bonchev–Trinajstić information content (AvgIpc) is 2.32. The van der Waals surface area contributed by atoms with Gasteiger partial charge >= 0.3 is 0 Å². The number of nitrogens with zero attached hydrogens (tertiary/aromatic N) is 1. The van der Waals surface area contributed by atoms with E-state index < -0.39 is 0 Å². The van der Waals surface area contributed by atoms with Gasteiger partial charge in [-0.2, -0.15) is 0 Å². The van der Waals surface area contributed by atoms with Gasteiger partial charge in [0.1, 0.15) is 10.9 Å². The first-order valence-electron chi connectivity index (χ1n) is 5.09. The van der Waals surface area contributed by atoms with E-state index in [9.17, 15) is 5.11 Å². The van der Waals surface area contributed by atoms with E-state index in [0.29, 0.717) is 11.7 Å². The number of aromatic hydroxyl groups is 1. The molecule has 1 heterocycles. The summed E-state index contributed by atoms with van der Waals surface area (Å²) in [6.45, 7) is 0.380. The van der Waals surface area contributed by atoms with Crippen molar-refractivity contribution in [3.05, 3.63) is 47.2 Å².